The summed E-state index contributed by atoms with van der Waals surface area (Å²) in [5.74, 6) is 1.62. The van der Waals surface area contributed by atoms with Gasteiger partial charge in [0, 0.05) is 12.2 Å². The van der Waals surface area contributed by atoms with E-state index in [0.717, 1.165) is 11.6 Å². The van der Waals surface area contributed by atoms with E-state index in [2.05, 4.69) is 21.9 Å². The Kier molecular flexibility index (Phi) is 2.80. The van der Waals surface area contributed by atoms with Gasteiger partial charge in [0.2, 0.25) is 0 Å². The third-order valence-corrected chi connectivity index (χ3v) is 1.51. The molecule has 0 aliphatic carbocycles. The molecule has 3 nitrogen and oxygen atoms in total. The predicted octanol–water partition coefficient (Wildman–Crippen LogP) is 1.77. The Morgan fingerprint density at radius 3 is 3.00 bits per heavy atom. The average Bonchev–Trinajstić information content (AvgIpc) is 2.04. The van der Waals surface area contributed by atoms with E-state index in [-0.39, 0.29) is 6.04 Å². The fourth-order valence-electron chi connectivity index (χ4n) is 0.829. The van der Waals surface area contributed by atoms with Crippen LogP contribution < -0.4 is 5.32 Å². The molecule has 1 rings (SSSR count). The number of rotatable bonds is 3. The van der Waals surface area contributed by atoms with Crippen LogP contribution in [0.15, 0.2) is 24.9 Å². The summed E-state index contributed by atoms with van der Waals surface area (Å²) in [4.78, 5) is 8.19. The van der Waals surface area contributed by atoms with Crippen LogP contribution in [0.3, 0.4) is 0 Å². The topological polar surface area (TPSA) is 37.8 Å². The average molecular weight is 163 g/mol. The molecule has 0 bridgehead atoms. The number of nitrogens with zero attached hydrogens (tertiary/aromatic N) is 2. The summed E-state index contributed by atoms with van der Waals surface area (Å²) in [5, 5.41) is 3.16. The minimum absolute atomic E-state index is 0.235. The maximum atomic E-state index is 4.19. The lowest BCUT2D eigenvalue weighted by Crippen LogP contribution is -2.12. The van der Waals surface area contributed by atoms with Crippen molar-refractivity contribution in [3.63, 3.8) is 0 Å². The third kappa shape index (κ3) is 2.34. The van der Waals surface area contributed by atoms with Gasteiger partial charge in [-0.05, 0) is 19.9 Å². The summed E-state index contributed by atoms with van der Waals surface area (Å²) in [6.45, 7) is 7.56. The molecule has 0 aliphatic heterocycles. The first kappa shape index (κ1) is 8.71. The van der Waals surface area contributed by atoms with Crippen LogP contribution >= 0.6 is 0 Å². The minimum Gasteiger partial charge on any atom is -0.364 e. The number of hydrogen-bond acceptors (Lipinski definition) is 3. The molecule has 0 saturated heterocycles. The van der Waals surface area contributed by atoms with E-state index in [1.807, 2.05) is 26.0 Å². The SMILES string of the molecule is C=CC(C)Nc1ccnc(C)n1. The monoisotopic (exact) mass is 163 g/mol. The van der Waals surface area contributed by atoms with E-state index >= 15 is 0 Å². The second kappa shape index (κ2) is 3.85. The van der Waals surface area contributed by atoms with Crippen molar-refractivity contribution in [1.82, 2.24) is 9.97 Å². The Hall–Kier alpha value is -1.38. The van der Waals surface area contributed by atoms with Crippen molar-refractivity contribution in [1.29, 1.82) is 0 Å². The van der Waals surface area contributed by atoms with Gasteiger partial charge in [0.1, 0.15) is 11.6 Å². The third-order valence-electron chi connectivity index (χ3n) is 1.51. The molecule has 1 heterocycles. The molecular formula is C9H13N3. The normalized spacial score (nSPS) is 12.2. The summed E-state index contributed by atoms with van der Waals surface area (Å²) < 4.78 is 0. The van der Waals surface area contributed by atoms with E-state index in [4.69, 9.17) is 0 Å². The molecule has 64 valence electrons. The summed E-state index contributed by atoms with van der Waals surface area (Å²) in [5.41, 5.74) is 0. The Labute approximate surface area is 72.6 Å². The number of hydrogen-bond donors (Lipinski definition) is 1. The van der Waals surface area contributed by atoms with Crippen LogP contribution in [0.5, 0.6) is 0 Å². The van der Waals surface area contributed by atoms with Crippen molar-refractivity contribution in [2.24, 2.45) is 0 Å². The molecule has 3 heteroatoms. The summed E-state index contributed by atoms with van der Waals surface area (Å²) in [6.07, 6.45) is 3.57. The first-order valence-corrected chi connectivity index (χ1v) is 3.91. The van der Waals surface area contributed by atoms with Gasteiger partial charge in [0.15, 0.2) is 0 Å². The molecule has 0 radical (unpaired) electrons. The van der Waals surface area contributed by atoms with Gasteiger partial charge in [-0.2, -0.15) is 0 Å². The zero-order valence-corrected chi connectivity index (χ0v) is 7.41. The Balaban J connectivity index is 2.69. The first-order chi connectivity index (χ1) is 5.72. The van der Waals surface area contributed by atoms with Crippen LogP contribution in [0, 0.1) is 6.92 Å². The maximum absolute atomic E-state index is 4.19. The molecule has 1 aromatic heterocycles. The van der Waals surface area contributed by atoms with Crippen molar-refractivity contribution in [3.05, 3.63) is 30.7 Å². The molecule has 1 atom stereocenters. The molecule has 0 aliphatic rings. The molecule has 1 aromatic rings. The highest BCUT2D eigenvalue weighted by Gasteiger charge is 1.97. The van der Waals surface area contributed by atoms with Gasteiger partial charge in [-0.15, -0.1) is 6.58 Å². The lowest BCUT2D eigenvalue weighted by Gasteiger charge is -2.09. The van der Waals surface area contributed by atoms with Gasteiger partial charge in [0.05, 0.1) is 0 Å². The van der Waals surface area contributed by atoms with E-state index in [1.165, 1.54) is 0 Å². The lowest BCUT2D eigenvalue weighted by molar-refractivity contribution is 0.959. The molecule has 0 spiro atoms. The van der Waals surface area contributed by atoms with Crippen molar-refractivity contribution in [2.75, 3.05) is 5.32 Å². The van der Waals surface area contributed by atoms with Crippen LogP contribution in [0.25, 0.3) is 0 Å². The molecule has 0 fully saturated rings. The van der Waals surface area contributed by atoms with E-state index in [9.17, 15) is 0 Å². The number of nitrogens with one attached hydrogen (secondary N) is 1. The summed E-state index contributed by atoms with van der Waals surface area (Å²) in [7, 11) is 0. The van der Waals surface area contributed by atoms with E-state index in [1.54, 1.807) is 6.20 Å². The fraction of sp³-hybridized carbons (Fsp3) is 0.333. The largest absolute Gasteiger partial charge is 0.364 e. The molecular weight excluding hydrogens is 150 g/mol. The van der Waals surface area contributed by atoms with Crippen LogP contribution in [-0.4, -0.2) is 16.0 Å². The van der Waals surface area contributed by atoms with E-state index in [0.29, 0.717) is 0 Å². The Bertz CT molecular complexity index is 270. The van der Waals surface area contributed by atoms with E-state index < -0.39 is 0 Å². The molecule has 0 saturated carbocycles. The van der Waals surface area contributed by atoms with Crippen LogP contribution in [0.4, 0.5) is 5.82 Å². The fourth-order valence-corrected chi connectivity index (χ4v) is 0.829. The van der Waals surface area contributed by atoms with Crippen LogP contribution in [-0.2, 0) is 0 Å². The molecule has 12 heavy (non-hydrogen) atoms. The van der Waals surface area contributed by atoms with Crippen molar-refractivity contribution in [3.8, 4) is 0 Å². The number of aromatic nitrogens is 2. The number of aryl methyl sites for hydroxylation is 1. The second-order valence-electron chi connectivity index (χ2n) is 2.66. The zero-order chi connectivity index (χ0) is 8.97. The summed E-state index contributed by atoms with van der Waals surface area (Å²) in [6, 6.07) is 2.08. The Morgan fingerprint density at radius 1 is 1.67 bits per heavy atom. The standard InChI is InChI=1S/C9H13N3/c1-4-7(2)11-9-5-6-10-8(3)12-9/h4-7H,1H2,2-3H3,(H,10,11,12). The highest BCUT2D eigenvalue weighted by molar-refractivity contribution is 5.34. The molecule has 0 amide bonds. The summed E-state index contributed by atoms with van der Waals surface area (Å²) >= 11 is 0. The van der Waals surface area contributed by atoms with Gasteiger partial charge in [-0.3, -0.25) is 0 Å². The zero-order valence-electron chi connectivity index (χ0n) is 7.41. The first-order valence-electron chi connectivity index (χ1n) is 3.91. The highest BCUT2D eigenvalue weighted by Crippen LogP contribution is 2.03. The Morgan fingerprint density at radius 2 is 2.42 bits per heavy atom. The van der Waals surface area contributed by atoms with Crippen molar-refractivity contribution >= 4 is 5.82 Å². The second-order valence-corrected chi connectivity index (χ2v) is 2.66. The van der Waals surface area contributed by atoms with Gasteiger partial charge < -0.3 is 5.32 Å². The lowest BCUT2D eigenvalue weighted by atomic mass is 10.3. The van der Waals surface area contributed by atoms with Gasteiger partial charge >= 0.3 is 0 Å². The van der Waals surface area contributed by atoms with Gasteiger partial charge in [-0.25, -0.2) is 9.97 Å². The van der Waals surface area contributed by atoms with Crippen molar-refractivity contribution in [2.45, 2.75) is 19.9 Å². The van der Waals surface area contributed by atoms with Gasteiger partial charge in [-0.1, -0.05) is 6.08 Å². The van der Waals surface area contributed by atoms with Crippen molar-refractivity contribution < 1.29 is 0 Å². The minimum atomic E-state index is 0.235. The molecule has 1 unspecified atom stereocenters. The number of anilines is 1. The van der Waals surface area contributed by atoms with Crippen LogP contribution in [0.2, 0.25) is 0 Å². The van der Waals surface area contributed by atoms with Crippen LogP contribution in [0.1, 0.15) is 12.7 Å². The molecule has 0 aromatic carbocycles. The predicted molar refractivity (Wildman–Crippen MR) is 50.1 cm³/mol. The molecule has 1 N–H and O–H groups in total. The maximum Gasteiger partial charge on any atom is 0.130 e. The van der Waals surface area contributed by atoms with Gasteiger partial charge in [0.25, 0.3) is 0 Å². The smallest absolute Gasteiger partial charge is 0.130 e. The quantitative estimate of drug-likeness (QED) is 0.690. The highest BCUT2D eigenvalue weighted by atomic mass is 15.0.